The molecule has 3 N–H and O–H groups in total. The average Bonchev–Trinajstić information content (AvgIpc) is 2.74. The number of nitrogens with one attached hydrogen (secondary N) is 2. The minimum atomic E-state index is -1.06. The number of rotatable bonds is 6. The second-order valence-corrected chi connectivity index (χ2v) is 6.34. The number of nitro groups is 1. The summed E-state index contributed by atoms with van der Waals surface area (Å²) in [4.78, 5) is 30.3. The molecule has 0 saturated carbocycles. The Morgan fingerprint density at radius 2 is 1.57 bits per heavy atom. The van der Waals surface area contributed by atoms with E-state index in [9.17, 15) is 14.9 Å². The molecule has 0 amide bonds. The van der Waals surface area contributed by atoms with Crippen molar-refractivity contribution in [2.45, 2.75) is 0 Å². The largest absolute Gasteiger partial charge is 0.478 e. The van der Waals surface area contributed by atoms with E-state index in [1.54, 1.807) is 0 Å². The van der Waals surface area contributed by atoms with Gasteiger partial charge in [-0.05, 0) is 35.7 Å². The summed E-state index contributed by atoms with van der Waals surface area (Å²) in [6, 6.07) is 19.1. The summed E-state index contributed by atoms with van der Waals surface area (Å²) in [5.74, 6) is -1.03. The molecule has 0 spiro atoms. The Balaban J connectivity index is 1.71. The van der Waals surface area contributed by atoms with Crippen LogP contribution in [0.25, 0.3) is 10.8 Å². The van der Waals surface area contributed by atoms with Crippen LogP contribution < -0.4 is 10.6 Å². The number of benzene rings is 3. The van der Waals surface area contributed by atoms with Crippen molar-refractivity contribution in [2.24, 2.45) is 0 Å². The van der Waals surface area contributed by atoms with Crippen molar-refractivity contribution < 1.29 is 14.8 Å². The topological polar surface area (TPSA) is 130 Å². The van der Waals surface area contributed by atoms with Gasteiger partial charge >= 0.3 is 11.7 Å². The van der Waals surface area contributed by atoms with E-state index in [1.165, 1.54) is 30.6 Å². The molecule has 0 aliphatic carbocycles. The Labute approximate surface area is 170 Å². The summed E-state index contributed by atoms with van der Waals surface area (Å²) in [7, 11) is 0. The minimum Gasteiger partial charge on any atom is -0.478 e. The lowest BCUT2D eigenvalue weighted by atomic mass is 10.1. The lowest BCUT2D eigenvalue weighted by Crippen LogP contribution is -2.06. The van der Waals surface area contributed by atoms with Crippen molar-refractivity contribution in [2.75, 3.05) is 10.6 Å². The van der Waals surface area contributed by atoms with E-state index in [-0.39, 0.29) is 22.9 Å². The van der Waals surface area contributed by atoms with Gasteiger partial charge in [0.2, 0.25) is 11.6 Å². The second-order valence-electron chi connectivity index (χ2n) is 6.34. The van der Waals surface area contributed by atoms with E-state index in [2.05, 4.69) is 20.6 Å². The monoisotopic (exact) mass is 401 g/mol. The Morgan fingerprint density at radius 3 is 2.27 bits per heavy atom. The predicted octanol–water partition coefficient (Wildman–Crippen LogP) is 4.72. The second kappa shape index (κ2) is 7.84. The van der Waals surface area contributed by atoms with Gasteiger partial charge < -0.3 is 15.7 Å². The highest BCUT2D eigenvalue weighted by Gasteiger charge is 2.23. The van der Waals surface area contributed by atoms with E-state index in [1.807, 2.05) is 42.5 Å². The van der Waals surface area contributed by atoms with Gasteiger partial charge in [0.05, 0.1) is 10.5 Å². The van der Waals surface area contributed by atoms with E-state index in [4.69, 9.17) is 5.11 Å². The zero-order valence-corrected chi connectivity index (χ0v) is 15.4. The van der Waals surface area contributed by atoms with Crippen LogP contribution in [0.4, 0.5) is 28.7 Å². The molecular weight excluding hydrogens is 386 g/mol. The molecule has 1 aromatic heterocycles. The first-order valence-electron chi connectivity index (χ1n) is 8.87. The smallest absolute Gasteiger partial charge is 0.353 e. The maximum Gasteiger partial charge on any atom is 0.353 e. The number of carboxylic acids is 1. The van der Waals surface area contributed by atoms with Crippen LogP contribution in [0.5, 0.6) is 0 Å². The molecule has 0 radical (unpaired) electrons. The van der Waals surface area contributed by atoms with Gasteiger partial charge in [0, 0.05) is 16.8 Å². The fourth-order valence-electron chi connectivity index (χ4n) is 3.03. The number of aromatic nitrogens is 2. The van der Waals surface area contributed by atoms with Crippen LogP contribution >= 0.6 is 0 Å². The molecule has 0 bridgehead atoms. The van der Waals surface area contributed by atoms with Crippen LogP contribution in [0, 0.1) is 10.1 Å². The summed E-state index contributed by atoms with van der Waals surface area (Å²) in [5.41, 5.74) is 0.911. The SMILES string of the molecule is O=C(O)c1ccc(Nc2ncnc(Nc3cccc4ccccc34)c2[N+](=O)[O-])cc1. The Kier molecular flexibility index (Phi) is 4.92. The number of carboxylic acid groups (broad SMARTS) is 1. The fraction of sp³-hybridized carbons (Fsp3) is 0. The van der Waals surface area contributed by atoms with Crippen molar-refractivity contribution in [3.05, 3.63) is 88.7 Å². The van der Waals surface area contributed by atoms with Crippen LogP contribution in [0.3, 0.4) is 0 Å². The van der Waals surface area contributed by atoms with Gasteiger partial charge in [-0.25, -0.2) is 14.8 Å². The minimum absolute atomic E-state index is 0.0131. The zero-order chi connectivity index (χ0) is 21.1. The molecule has 0 saturated heterocycles. The maximum atomic E-state index is 11.8. The number of aromatic carboxylic acids is 1. The molecule has 0 fully saturated rings. The summed E-state index contributed by atoms with van der Waals surface area (Å²) in [6.07, 6.45) is 1.22. The molecule has 4 rings (SSSR count). The van der Waals surface area contributed by atoms with Gasteiger partial charge in [0.15, 0.2) is 0 Å². The first-order valence-corrected chi connectivity index (χ1v) is 8.87. The van der Waals surface area contributed by atoms with Crippen molar-refractivity contribution in [3.63, 3.8) is 0 Å². The van der Waals surface area contributed by atoms with Crippen LogP contribution in [-0.2, 0) is 0 Å². The van der Waals surface area contributed by atoms with Gasteiger partial charge in [0.1, 0.15) is 6.33 Å². The summed E-state index contributed by atoms with van der Waals surface area (Å²) in [6.45, 7) is 0. The number of hydrogen-bond donors (Lipinski definition) is 3. The Morgan fingerprint density at radius 1 is 0.900 bits per heavy atom. The standard InChI is InChI=1S/C21H15N5O4/c27-21(28)14-8-10-15(11-9-14)24-19-18(26(29)30)20(23-12-22-19)25-17-7-3-5-13-4-1-2-6-16(13)17/h1-12H,(H,27,28)(H2,22,23,24,25). The number of anilines is 4. The average molecular weight is 401 g/mol. The molecule has 0 atom stereocenters. The molecule has 4 aromatic rings. The maximum absolute atomic E-state index is 11.8. The van der Waals surface area contributed by atoms with E-state index < -0.39 is 10.9 Å². The zero-order valence-electron chi connectivity index (χ0n) is 15.4. The van der Waals surface area contributed by atoms with Gasteiger partial charge in [-0.2, -0.15) is 0 Å². The van der Waals surface area contributed by atoms with Gasteiger partial charge in [-0.15, -0.1) is 0 Å². The normalized spacial score (nSPS) is 10.5. The molecule has 1 heterocycles. The molecule has 30 heavy (non-hydrogen) atoms. The number of fused-ring (bicyclic) bond motifs is 1. The molecular formula is C21H15N5O4. The third-order valence-corrected chi connectivity index (χ3v) is 4.44. The Bertz CT molecular complexity index is 1250. The molecule has 148 valence electrons. The van der Waals surface area contributed by atoms with Gasteiger partial charge in [-0.1, -0.05) is 36.4 Å². The van der Waals surface area contributed by atoms with Crippen LogP contribution in [0.1, 0.15) is 10.4 Å². The van der Waals surface area contributed by atoms with Crippen LogP contribution in [0.15, 0.2) is 73.1 Å². The summed E-state index contributed by atoms with van der Waals surface area (Å²) >= 11 is 0. The van der Waals surface area contributed by atoms with Gasteiger partial charge in [-0.3, -0.25) is 10.1 Å². The van der Waals surface area contributed by atoms with Crippen molar-refractivity contribution in [3.8, 4) is 0 Å². The summed E-state index contributed by atoms with van der Waals surface area (Å²) in [5, 5.41) is 28.6. The molecule has 9 nitrogen and oxygen atoms in total. The lowest BCUT2D eigenvalue weighted by molar-refractivity contribution is -0.383. The third-order valence-electron chi connectivity index (χ3n) is 4.44. The highest BCUT2D eigenvalue weighted by molar-refractivity contribution is 5.96. The number of carbonyl (C=O) groups is 1. The molecule has 0 unspecified atom stereocenters. The fourth-order valence-corrected chi connectivity index (χ4v) is 3.03. The first kappa shape index (κ1) is 18.8. The molecule has 9 heteroatoms. The van der Waals surface area contributed by atoms with E-state index in [0.717, 1.165) is 10.8 Å². The molecule has 0 aliphatic heterocycles. The highest BCUT2D eigenvalue weighted by atomic mass is 16.6. The highest BCUT2D eigenvalue weighted by Crippen LogP contribution is 2.34. The van der Waals surface area contributed by atoms with E-state index >= 15 is 0 Å². The first-order chi connectivity index (χ1) is 14.5. The lowest BCUT2D eigenvalue weighted by Gasteiger charge is -2.12. The van der Waals surface area contributed by atoms with Crippen LogP contribution in [0.2, 0.25) is 0 Å². The van der Waals surface area contributed by atoms with Gasteiger partial charge in [0.25, 0.3) is 0 Å². The summed E-state index contributed by atoms with van der Waals surface area (Å²) < 4.78 is 0. The van der Waals surface area contributed by atoms with Crippen molar-refractivity contribution in [1.82, 2.24) is 9.97 Å². The number of hydrogen-bond acceptors (Lipinski definition) is 7. The number of nitrogens with zero attached hydrogens (tertiary/aromatic N) is 3. The van der Waals surface area contributed by atoms with E-state index in [0.29, 0.717) is 11.4 Å². The Hall–Kier alpha value is -4.53. The molecule has 0 aliphatic rings. The van der Waals surface area contributed by atoms with Crippen molar-refractivity contribution in [1.29, 1.82) is 0 Å². The third kappa shape index (κ3) is 3.72. The predicted molar refractivity (Wildman–Crippen MR) is 113 cm³/mol. The quantitative estimate of drug-likeness (QED) is 0.312. The van der Waals surface area contributed by atoms with Crippen molar-refractivity contribution >= 4 is 45.4 Å². The molecule has 3 aromatic carbocycles. The van der Waals surface area contributed by atoms with Crippen LogP contribution in [-0.4, -0.2) is 26.0 Å².